The van der Waals surface area contributed by atoms with Crippen LogP contribution in [0.4, 0.5) is 0 Å². The molecule has 25 heavy (non-hydrogen) atoms. The Hall–Kier alpha value is -2.73. The number of methoxy groups -OCH3 is 3. The van der Waals surface area contributed by atoms with E-state index in [1.807, 2.05) is 30.3 Å². The smallest absolute Gasteiger partial charge is 0.254 e. The molecule has 0 atom stereocenters. The van der Waals surface area contributed by atoms with Crippen LogP contribution in [0.1, 0.15) is 15.9 Å². The minimum Gasteiger partial charge on any atom is -0.493 e. The van der Waals surface area contributed by atoms with Crippen molar-refractivity contribution in [3.05, 3.63) is 53.6 Å². The van der Waals surface area contributed by atoms with Gasteiger partial charge in [0.25, 0.3) is 5.91 Å². The Morgan fingerprint density at radius 2 is 1.60 bits per heavy atom. The second-order valence-electron chi connectivity index (χ2n) is 5.41. The van der Waals surface area contributed by atoms with Gasteiger partial charge in [-0.3, -0.25) is 4.79 Å². The van der Waals surface area contributed by atoms with Gasteiger partial charge in [-0.1, -0.05) is 30.3 Å². The number of rotatable bonds is 8. The predicted molar refractivity (Wildman–Crippen MR) is 96.3 cm³/mol. The molecule has 6 nitrogen and oxygen atoms in total. The summed E-state index contributed by atoms with van der Waals surface area (Å²) in [5, 5.41) is 0. The van der Waals surface area contributed by atoms with E-state index in [0.717, 1.165) is 5.56 Å². The summed E-state index contributed by atoms with van der Waals surface area (Å²) in [6.45, 7) is 1.31. The number of carbonyl (C=O) groups is 1. The number of hydrogen-bond donors (Lipinski definition) is 1. The van der Waals surface area contributed by atoms with Crippen molar-refractivity contribution >= 4 is 5.91 Å². The summed E-state index contributed by atoms with van der Waals surface area (Å²) >= 11 is 0. The molecule has 0 radical (unpaired) electrons. The third kappa shape index (κ3) is 4.42. The van der Waals surface area contributed by atoms with Crippen molar-refractivity contribution in [3.63, 3.8) is 0 Å². The summed E-state index contributed by atoms with van der Waals surface area (Å²) in [6.07, 6.45) is 0. The molecule has 2 aromatic rings. The first-order chi connectivity index (χ1) is 12.1. The van der Waals surface area contributed by atoms with Crippen molar-refractivity contribution in [2.24, 2.45) is 5.73 Å². The summed E-state index contributed by atoms with van der Waals surface area (Å²) in [7, 11) is 4.57. The lowest BCUT2D eigenvalue weighted by Gasteiger charge is -2.23. The van der Waals surface area contributed by atoms with Gasteiger partial charge in [0.05, 0.1) is 21.3 Å². The maximum atomic E-state index is 13.0. The number of nitrogens with zero attached hydrogens (tertiary/aromatic N) is 1. The Bertz CT molecular complexity index is 679. The minimum absolute atomic E-state index is 0.145. The van der Waals surface area contributed by atoms with Crippen LogP contribution < -0.4 is 19.9 Å². The van der Waals surface area contributed by atoms with Crippen molar-refractivity contribution in [1.29, 1.82) is 0 Å². The summed E-state index contributed by atoms with van der Waals surface area (Å²) in [6, 6.07) is 13.1. The quantitative estimate of drug-likeness (QED) is 0.795. The Morgan fingerprint density at radius 1 is 1.00 bits per heavy atom. The third-order valence-electron chi connectivity index (χ3n) is 3.81. The highest BCUT2D eigenvalue weighted by atomic mass is 16.5. The molecule has 0 aliphatic heterocycles. The van der Waals surface area contributed by atoms with Crippen molar-refractivity contribution in [2.75, 3.05) is 34.4 Å². The molecule has 0 saturated heterocycles. The van der Waals surface area contributed by atoms with Crippen LogP contribution in [0.25, 0.3) is 0 Å². The molecule has 0 aromatic heterocycles. The van der Waals surface area contributed by atoms with Gasteiger partial charge in [0, 0.05) is 25.2 Å². The van der Waals surface area contributed by atoms with Crippen LogP contribution >= 0.6 is 0 Å². The normalized spacial score (nSPS) is 10.2. The molecule has 0 unspecified atom stereocenters. The molecule has 0 heterocycles. The van der Waals surface area contributed by atoms with E-state index in [1.165, 1.54) is 21.3 Å². The van der Waals surface area contributed by atoms with Gasteiger partial charge in [-0.25, -0.2) is 0 Å². The second-order valence-corrected chi connectivity index (χ2v) is 5.41. The SMILES string of the molecule is COc1cc(C(=O)N(CCN)Cc2ccccc2)cc(OC)c1OC. The lowest BCUT2D eigenvalue weighted by atomic mass is 10.1. The van der Waals surface area contributed by atoms with Crippen LogP contribution in [0.15, 0.2) is 42.5 Å². The zero-order chi connectivity index (χ0) is 18.2. The average molecular weight is 344 g/mol. The van der Waals surface area contributed by atoms with Gasteiger partial charge in [-0.05, 0) is 17.7 Å². The Morgan fingerprint density at radius 3 is 2.08 bits per heavy atom. The van der Waals surface area contributed by atoms with Crippen LogP contribution in [-0.4, -0.2) is 45.2 Å². The van der Waals surface area contributed by atoms with E-state index in [4.69, 9.17) is 19.9 Å². The van der Waals surface area contributed by atoms with E-state index in [9.17, 15) is 4.79 Å². The Balaban J connectivity index is 2.35. The number of nitrogens with two attached hydrogens (primary N) is 1. The van der Waals surface area contributed by atoms with Crippen molar-refractivity contribution in [2.45, 2.75) is 6.54 Å². The molecule has 2 N–H and O–H groups in total. The molecule has 6 heteroatoms. The predicted octanol–water partition coefficient (Wildman–Crippen LogP) is 2.31. The molecule has 0 saturated carbocycles. The zero-order valence-corrected chi connectivity index (χ0v) is 14.8. The first-order valence-electron chi connectivity index (χ1n) is 7.97. The average Bonchev–Trinajstić information content (AvgIpc) is 2.66. The highest BCUT2D eigenvalue weighted by molar-refractivity contribution is 5.95. The van der Waals surface area contributed by atoms with E-state index in [1.54, 1.807) is 17.0 Å². The third-order valence-corrected chi connectivity index (χ3v) is 3.81. The molecule has 0 aliphatic rings. The van der Waals surface area contributed by atoms with E-state index >= 15 is 0 Å². The topological polar surface area (TPSA) is 74.0 Å². The van der Waals surface area contributed by atoms with Crippen LogP contribution in [0, 0.1) is 0 Å². The maximum Gasteiger partial charge on any atom is 0.254 e. The van der Waals surface area contributed by atoms with Crippen molar-refractivity contribution in [3.8, 4) is 17.2 Å². The molecule has 2 aromatic carbocycles. The number of hydrogen-bond acceptors (Lipinski definition) is 5. The summed E-state index contributed by atoms with van der Waals surface area (Å²) < 4.78 is 16.0. The monoisotopic (exact) mass is 344 g/mol. The van der Waals surface area contributed by atoms with Gasteiger partial charge in [0.15, 0.2) is 11.5 Å². The highest BCUT2D eigenvalue weighted by Crippen LogP contribution is 2.38. The molecule has 0 aliphatic carbocycles. The van der Waals surface area contributed by atoms with Crippen LogP contribution in [0.5, 0.6) is 17.2 Å². The highest BCUT2D eigenvalue weighted by Gasteiger charge is 2.21. The fraction of sp³-hybridized carbons (Fsp3) is 0.316. The molecule has 0 spiro atoms. The fourth-order valence-electron chi connectivity index (χ4n) is 2.60. The largest absolute Gasteiger partial charge is 0.493 e. The molecule has 0 bridgehead atoms. The standard InChI is InChI=1S/C19H24N2O4/c1-23-16-11-15(12-17(24-2)18(16)25-3)19(22)21(10-9-20)13-14-7-5-4-6-8-14/h4-8,11-12H,9-10,13,20H2,1-3H3. The first kappa shape index (κ1) is 18.6. The Labute approximate surface area is 148 Å². The van der Waals surface area contributed by atoms with Gasteiger partial charge < -0.3 is 24.8 Å². The summed E-state index contributed by atoms with van der Waals surface area (Å²) in [4.78, 5) is 14.7. The van der Waals surface area contributed by atoms with Gasteiger partial charge in [0.1, 0.15) is 0 Å². The Kier molecular flexibility index (Phi) is 6.65. The van der Waals surface area contributed by atoms with Gasteiger partial charge >= 0.3 is 0 Å². The maximum absolute atomic E-state index is 13.0. The van der Waals surface area contributed by atoms with E-state index in [0.29, 0.717) is 42.4 Å². The van der Waals surface area contributed by atoms with Crippen molar-refractivity contribution < 1.29 is 19.0 Å². The van der Waals surface area contributed by atoms with E-state index < -0.39 is 0 Å². The lowest BCUT2D eigenvalue weighted by Crippen LogP contribution is -2.35. The number of carbonyl (C=O) groups excluding carboxylic acids is 1. The lowest BCUT2D eigenvalue weighted by molar-refractivity contribution is 0.0747. The van der Waals surface area contributed by atoms with Gasteiger partial charge in [-0.2, -0.15) is 0 Å². The zero-order valence-electron chi connectivity index (χ0n) is 14.8. The minimum atomic E-state index is -0.145. The van der Waals surface area contributed by atoms with Crippen LogP contribution in [0.2, 0.25) is 0 Å². The van der Waals surface area contributed by atoms with E-state index in [2.05, 4.69) is 0 Å². The first-order valence-corrected chi connectivity index (χ1v) is 7.97. The molecular formula is C19H24N2O4. The van der Waals surface area contributed by atoms with Crippen molar-refractivity contribution in [1.82, 2.24) is 4.90 Å². The van der Waals surface area contributed by atoms with Gasteiger partial charge in [-0.15, -0.1) is 0 Å². The molecular weight excluding hydrogens is 320 g/mol. The molecule has 134 valence electrons. The molecule has 0 fully saturated rings. The fourth-order valence-corrected chi connectivity index (χ4v) is 2.60. The van der Waals surface area contributed by atoms with Crippen LogP contribution in [-0.2, 0) is 6.54 Å². The number of amides is 1. The summed E-state index contributed by atoms with van der Waals surface area (Å²) in [5.74, 6) is 1.19. The molecule has 2 rings (SSSR count). The number of benzene rings is 2. The number of ether oxygens (including phenoxy) is 3. The second kappa shape index (κ2) is 8.94. The van der Waals surface area contributed by atoms with E-state index in [-0.39, 0.29) is 5.91 Å². The van der Waals surface area contributed by atoms with Gasteiger partial charge in [0.2, 0.25) is 5.75 Å². The van der Waals surface area contributed by atoms with Crippen LogP contribution in [0.3, 0.4) is 0 Å². The summed E-state index contributed by atoms with van der Waals surface area (Å²) in [5.41, 5.74) is 7.19. The molecule has 1 amide bonds.